The van der Waals surface area contributed by atoms with E-state index in [1.807, 2.05) is 0 Å². The third-order valence-corrected chi connectivity index (χ3v) is 9.36. The maximum atomic E-state index is 11.9. The summed E-state index contributed by atoms with van der Waals surface area (Å²) in [6, 6.07) is 28.3. The summed E-state index contributed by atoms with van der Waals surface area (Å²) in [4.78, 5) is 35.5. The maximum Gasteiger partial charge on any atom is 0.330 e. The number of fused-ring (bicyclic) bond motifs is 2. The Morgan fingerprint density at radius 1 is 0.519 bits per heavy atom. The standard InChI is InChI=1S/C46H46O6/c1-6-41(47)50-25-13-16-33-29-34(17-14-26-51-42(48)7-2)44(35(30-33)18-15-27-52-43(49)8-3)46-39-21-11-9-19-37(39)45(38-20-10-12-22-40(38)46)36-24-23-31(4)32(5)28-36/h6-12,19-24,28-30H,1-3,13-18,25-27H2,4-5H3. The molecule has 266 valence electrons. The van der Waals surface area contributed by atoms with Gasteiger partial charge in [0.05, 0.1) is 19.8 Å². The second-order valence-electron chi connectivity index (χ2n) is 12.9. The first-order valence-corrected chi connectivity index (χ1v) is 17.8. The predicted molar refractivity (Wildman–Crippen MR) is 210 cm³/mol. The molecule has 5 aromatic rings. The Bertz CT molecular complexity index is 2030. The summed E-state index contributed by atoms with van der Waals surface area (Å²) in [7, 11) is 0. The first-order valence-electron chi connectivity index (χ1n) is 17.8. The van der Waals surface area contributed by atoms with Crippen molar-refractivity contribution in [2.24, 2.45) is 0 Å². The highest BCUT2D eigenvalue weighted by molar-refractivity contribution is 6.21. The molecule has 0 aliphatic rings. The summed E-state index contributed by atoms with van der Waals surface area (Å²) in [5.74, 6) is -1.34. The Labute approximate surface area is 306 Å². The van der Waals surface area contributed by atoms with Crippen molar-refractivity contribution >= 4 is 39.5 Å². The van der Waals surface area contributed by atoms with Gasteiger partial charge in [-0.25, -0.2) is 14.4 Å². The monoisotopic (exact) mass is 694 g/mol. The summed E-state index contributed by atoms with van der Waals surface area (Å²) < 4.78 is 16.1. The van der Waals surface area contributed by atoms with E-state index in [1.54, 1.807) is 0 Å². The highest BCUT2D eigenvalue weighted by Crippen LogP contribution is 2.46. The van der Waals surface area contributed by atoms with Crippen molar-refractivity contribution in [1.29, 1.82) is 0 Å². The third kappa shape index (κ3) is 8.93. The van der Waals surface area contributed by atoms with Crippen molar-refractivity contribution < 1.29 is 28.6 Å². The number of rotatable bonds is 17. The maximum absolute atomic E-state index is 11.9. The molecule has 6 heteroatoms. The number of ether oxygens (including phenoxy) is 3. The molecule has 0 saturated carbocycles. The van der Waals surface area contributed by atoms with Crippen LogP contribution in [0.4, 0.5) is 0 Å². The van der Waals surface area contributed by atoms with Crippen LogP contribution in [0.1, 0.15) is 47.1 Å². The van der Waals surface area contributed by atoms with Crippen LogP contribution >= 0.6 is 0 Å². The molecular formula is C46H46O6. The van der Waals surface area contributed by atoms with Gasteiger partial charge in [0.15, 0.2) is 0 Å². The SMILES string of the molecule is C=CC(=O)OCCCc1cc(CCCOC(=O)C=C)c(-c2c3ccccc3c(-c3ccc(C)c(C)c3)c3ccccc23)c(CCCOC(=O)C=C)c1. The third-order valence-electron chi connectivity index (χ3n) is 9.36. The van der Waals surface area contributed by atoms with Gasteiger partial charge in [0, 0.05) is 18.2 Å². The fourth-order valence-electron chi connectivity index (χ4n) is 6.80. The summed E-state index contributed by atoms with van der Waals surface area (Å²) >= 11 is 0. The second-order valence-corrected chi connectivity index (χ2v) is 12.9. The van der Waals surface area contributed by atoms with Crippen LogP contribution < -0.4 is 0 Å². The van der Waals surface area contributed by atoms with Crippen LogP contribution in [0, 0.1) is 13.8 Å². The lowest BCUT2D eigenvalue weighted by Gasteiger charge is -2.23. The molecule has 0 unspecified atom stereocenters. The number of carbonyl (C=O) groups is 3. The van der Waals surface area contributed by atoms with Crippen molar-refractivity contribution in [3.63, 3.8) is 0 Å². The van der Waals surface area contributed by atoms with Crippen molar-refractivity contribution in [3.05, 3.63) is 145 Å². The zero-order valence-electron chi connectivity index (χ0n) is 30.2. The number of esters is 3. The number of carbonyl (C=O) groups excluding carboxylic acids is 3. The molecule has 52 heavy (non-hydrogen) atoms. The van der Waals surface area contributed by atoms with Crippen molar-refractivity contribution in [2.45, 2.75) is 52.4 Å². The van der Waals surface area contributed by atoms with Crippen LogP contribution in [0.5, 0.6) is 0 Å². The van der Waals surface area contributed by atoms with E-state index in [9.17, 15) is 14.4 Å². The molecular weight excluding hydrogens is 649 g/mol. The van der Waals surface area contributed by atoms with E-state index in [-0.39, 0.29) is 19.8 Å². The fourth-order valence-corrected chi connectivity index (χ4v) is 6.80. The highest BCUT2D eigenvalue weighted by Gasteiger charge is 2.22. The van der Waals surface area contributed by atoms with E-state index in [0.717, 1.165) is 49.4 Å². The van der Waals surface area contributed by atoms with Crippen molar-refractivity contribution in [2.75, 3.05) is 19.8 Å². The minimum atomic E-state index is -0.447. The number of benzene rings is 5. The Balaban J connectivity index is 1.73. The first-order chi connectivity index (χ1) is 25.2. The summed E-state index contributed by atoms with van der Waals surface area (Å²) in [5, 5.41) is 4.59. The lowest BCUT2D eigenvalue weighted by Crippen LogP contribution is -2.08. The van der Waals surface area contributed by atoms with Gasteiger partial charge in [-0.2, -0.15) is 0 Å². The fraction of sp³-hybridized carbons (Fsp3) is 0.239. The van der Waals surface area contributed by atoms with Crippen LogP contribution in [-0.4, -0.2) is 37.7 Å². The lowest BCUT2D eigenvalue weighted by atomic mass is 9.81. The van der Waals surface area contributed by atoms with Crippen LogP contribution in [0.2, 0.25) is 0 Å². The summed E-state index contributed by atoms with van der Waals surface area (Å²) in [6.07, 6.45) is 7.38. The Hall–Kier alpha value is -5.75. The van der Waals surface area contributed by atoms with Crippen LogP contribution in [-0.2, 0) is 47.9 Å². The largest absolute Gasteiger partial charge is 0.463 e. The minimum Gasteiger partial charge on any atom is -0.463 e. The van der Waals surface area contributed by atoms with Gasteiger partial charge in [0.2, 0.25) is 0 Å². The molecule has 0 saturated heterocycles. The molecule has 0 aromatic heterocycles. The smallest absolute Gasteiger partial charge is 0.330 e. The molecule has 5 aromatic carbocycles. The molecule has 0 aliphatic heterocycles. The number of hydrogen-bond donors (Lipinski definition) is 0. The molecule has 0 heterocycles. The zero-order chi connectivity index (χ0) is 37.0. The Kier molecular flexibility index (Phi) is 12.9. The van der Waals surface area contributed by atoms with Gasteiger partial charge >= 0.3 is 17.9 Å². The Morgan fingerprint density at radius 3 is 1.37 bits per heavy atom. The average molecular weight is 695 g/mol. The average Bonchev–Trinajstić information content (AvgIpc) is 3.16. The van der Waals surface area contributed by atoms with E-state index in [0.29, 0.717) is 38.5 Å². The minimum absolute atomic E-state index is 0.256. The number of hydrogen-bond acceptors (Lipinski definition) is 6. The molecule has 5 rings (SSSR count). The van der Waals surface area contributed by atoms with Crippen LogP contribution in [0.3, 0.4) is 0 Å². The van der Waals surface area contributed by atoms with Crippen molar-refractivity contribution in [1.82, 2.24) is 0 Å². The van der Waals surface area contributed by atoms with E-state index < -0.39 is 17.9 Å². The van der Waals surface area contributed by atoms with Gasteiger partial charge in [0.1, 0.15) is 0 Å². The van der Waals surface area contributed by atoms with Gasteiger partial charge in [-0.3, -0.25) is 0 Å². The highest BCUT2D eigenvalue weighted by atomic mass is 16.5. The van der Waals surface area contributed by atoms with Gasteiger partial charge in [-0.1, -0.05) is 98.6 Å². The molecule has 0 fully saturated rings. The first kappa shape index (κ1) is 37.5. The van der Waals surface area contributed by atoms with Gasteiger partial charge in [0.25, 0.3) is 0 Å². The van der Waals surface area contributed by atoms with E-state index >= 15 is 0 Å². The zero-order valence-corrected chi connectivity index (χ0v) is 30.2. The molecule has 0 N–H and O–H groups in total. The molecule has 0 spiro atoms. The topological polar surface area (TPSA) is 78.9 Å². The normalized spacial score (nSPS) is 10.9. The summed E-state index contributed by atoms with van der Waals surface area (Å²) in [6.45, 7) is 15.6. The lowest BCUT2D eigenvalue weighted by molar-refractivity contribution is -0.138. The molecule has 0 radical (unpaired) electrons. The van der Waals surface area contributed by atoms with E-state index in [2.05, 4.69) is 112 Å². The van der Waals surface area contributed by atoms with Gasteiger partial charge in [-0.15, -0.1) is 0 Å². The summed E-state index contributed by atoms with van der Waals surface area (Å²) in [5.41, 5.74) is 10.5. The molecule has 0 aliphatic carbocycles. The molecule has 6 nitrogen and oxygen atoms in total. The quantitative estimate of drug-likeness (QED) is 0.0317. The Morgan fingerprint density at radius 2 is 0.942 bits per heavy atom. The van der Waals surface area contributed by atoms with E-state index in [1.165, 1.54) is 40.5 Å². The molecule has 0 amide bonds. The molecule has 0 atom stereocenters. The van der Waals surface area contributed by atoms with Crippen LogP contribution in [0.15, 0.2) is 117 Å². The number of aryl methyl sites for hydroxylation is 5. The van der Waals surface area contributed by atoms with E-state index in [4.69, 9.17) is 14.2 Å². The van der Waals surface area contributed by atoms with Crippen molar-refractivity contribution in [3.8, 4) is 22.3 Å². The van der Waals surface area contributed by atoms with Gasteiger partial charge < -0.3 is 14.2 Å². The van der Waals surface area contributed by atoms with Crippen LogP contribution in [0.25, 0.3) is 43.8 Å². The predicted octanol–water partition coefficient (Wildman–Crippen LogP) is 9.93. The second kappa shape index (κ2) is 18.0. The molecule has 0 bridgehead atoms. The van der Waals surface area contributed by atoms with Gasteiger partial charge in [-0.05, 0) is 124 Å².